The SMILES string of the molecule is Cc1ccc(F)c(/C=C2\C(=O)NC(=S)N(c3ccc(Cl)cc3)C2=O)c1Cl. The number of carbonyl (C=O) groups excluding carboxylic acids is 2. The van der Waals surface area contributed by atoms with Crippen molar-refractivity contribution in [2.75, 3.05) is 4.90 Å². The Morgan fingerprint density at radius 2 is 1.77 bits per heavy atom. The number of hydrogen-bond donors (Lipinski definition) is 1. The summed E-state index contributed by atoms with van der Waals surface area (Å²) < 4.78 is 14.2. The van der Waals surface area contributed by atoms with E-state index in [0.29, 0.717) is 16.3 Å². The van der Waals surface area contributed by atoms with E-state index in [2.05, 4.69) is 5.32 Å². The third-order valence-corrected chi connectivity index (χ3v) is 4.83. The number of anilines is 1. The van der Waals surface area contributed by atoms with Crippen molar-refractivity contribution in [3.8, 4) is 0 Å². The van der Waals surface area contributed by atoms with E-state index in [1.54, 1.807) is 31.2 Å². The number of nitrogens with zero attached hydrogens (tertiary/aromatic N) is 1. The summed E-state index contributed by atoms with van der Waals surface area (Å²) in [6.07, 6.45) is 1.13. The number of hydrogen-bond acceptors (Lipinski definition) is 3. The summed E-state index contributed by atoms with van der Waals surface area (Å²) in [5.74, 6) is -2.04. The molecule has 26 heavy (non-hydrogen) atoms. The van der Waals surface area contributed by atoms with Gasteiger partial charge in [0, 0.05) is 10.6 Å². The molecule has 0 aromatic heterocycles. The molecule has 1 heterocycles. The highest BCUT2D eigenvalue weighted by atomic mass is 35.5. The van der Waals surface area contributed by atoms with Crippen LogP contribution in [0.2, 0.25) is 10.0 Å². The van der Waals surface area contributed by atoms with Gasteiger partial charge >= 0.3 is 0 Å². The van der Waals surface area contributed by atoms with Gasteiger partial charge in [0.05, 0.1) is 10.7 Å². The molecule has 1 aliphatic rings. The molecular weight excluding hydrogens is 398 g/mol. The Morgan fingerprint density at radius 3 is 2.42 bits per heavy atom. The first-order valence-electron chi connectivity index (χ1n) is 7.41. The number of halogens is 3. The molecule has 132 valence electrons. The van der Waals surface area contributed by atoms with Crippen LogP contribution in [-0.4, -0.2) is 16.9 Å². The van der Waals surface area contributed by atoms with Crippen LogP contribution in [0.25, 0.3) is 6.08 Å². The Labute approximate surface area is 164 Å². The average Bonchev–Trinajstić information content (AvgIpc) is 2.59. The van der Waals surface area contributed by atoms with E-state index in [9.17, 15) is 14.0 Å². The van der Waals surface area contributed by atoms with Gasteiger partial charge in [0.2, 0.25) is 0 Å². The molecule has 0 radical (unpaired) electrons. The molecule has 0 unspecified atom stereocenters. The second kappa shape index (κ2) is 7.15. The molecular formula is C18H11Cl2FN2O2S. The molecule has 0 bridgehead atoms. The van der Waals surface area contributed by atoms with Gasteiger partial charge in [-0.05, 0) is 61.1 Å². The molecule has 0 spiro atoms. The first-order chi connectivity index (χ1) is 12.3. The smallest absolute Gasteiger partial charge is 0.270 e. The number of thiocarbonyl (C=S) groups is 1. The van der Waals surface area contributed by atoms with Crippen LogP contribution in [0.5, 0.6) is 0 Å². The number of nitrogens with one attached hydrogen (secondary N) is 1. The summed E-state index contributed by atoms with van der Waals surface area (Å²) in [5.41, 5.74) is 0.730. The molecule has 0 saturated carbocycles. The van der Waals surface area contributed by atoms with Crippen LogP contribution >= 0.6 is 35.4 Å². The van der Waals surface area contributed by atoms with Gasteiger partial charge in [0.15, 0.2) is 5.11 Å². The van der Waals surface area contributed by atoms with Crippen LogP contribution in [0, 0.1) is 12.7 Å². The number of aryl methyl sites for hydroxylation is 1. The fraction of sp³-hybridized carbons (Fsp3) is 0.0556. The van der Waals surface area contributed by atoms with E-state index < -0.39 is 17.6 Å². The Bertz CT molecular complexity index is 974. The maximum absolute atomic E-state index is 14.2. The van der Waals surface area contributed by atoms with Gasteiger partial charge < -0.3 is 0 Å². The highest BCUT2D eigenvalue weighted by Gasteiger charge is 2.34. The third-order valence-electron chi connectivity index (χ3n) is 3.79. The zero-order valence-corrected chi connectivity index (χ0v) is 15.7. The number of carbonyl (C=O) groups is 2. The standard InChI is InChI=1S/C18H11Cl2FN2O2S/c1-9-2-7-14(21)12(15(9)20)8-13-16(24)22-18(26)23(17(13)25)11-5-3-10(19)4-6-11/h2-8H,1H3,(H,22,24,26)/b13-8+. The fourth-order valence-electron chi connectivity index (χ4n) is 2.44. The zero-order valence-electron chi connectivity index (χ0n) is 13.3. The highest BCUT2D eigenvalue weighted by Crippen LogP contribution is 2.28. The lowest BCUT2D eigenvalue weighted by Gasteiger charge is -2.29. The van der Waals surface area contributed by atoms with Crippen LogP contribution in [0.1, 0.15) is 11.1 Å². The largest absolute Gasteiger partial charge is 0.298 e. The molecule has 2 amide bonds. The maximum atomic E-state index is 14.2. The van der Waals surface area contributed by atoms with Gasteiger partial charge in [-0.1, -0.05) is 29.3 Å². The lowest BCUT2D eigenvalue weighted by Crippen LogP contribution is -2.54. The summed E-state index contributed by atoms with van der Waals surface area (Å²) in [6.45, 7) is 1.70. The summed E-state index contributed by atoms with van der Waals surface area (Å²) >= 11 is 17.1. The summed E-state index contributed by atoms with van der Waals surface area (Å²) in [7, 11) is 0. The number of amides is 2. The van der Waals surface area contributed by atoms with Crippen molar-refractivity contribution >= 4 is 64.1 Å². The Balaban J connectivity index is 2.09. The minimum atomic E-state index is -0.720. The molecule has 1 aliphatic heterocycles. The van der Waals surface area contributed by atoms with Gasteiger partial charge in [0.1, 0.15) is 11.4 Å². The maximum Gasteiger partial charge on any atom is 0.270 e. The van der Waals surface area contributed by atoms with Gasteiger partial charge in [-0.15, -0.1) is 0 Å². The zero-order chi connectivity index (χ0) is 19.0. The first kappa shape index (κ1) is 18.5. The van der Waals surface area contributed by atoms with Crippen molar-refractivity contribution in [1.82, 2.24) is 5.32 Å². The van der Waals surface area contributed by atoms with Crippen molar-refractivity contribution < 1.29 is 14.0 Å². The number of rotatable bonds is 2. The van der Waals surface area contributed by atoms with E-state index >= 15 is 0 Å². The van der Waals surface area contributed by atoms with Gasteiger partial charge in [-0.25, -0.2) is 4.39 Å². The Kier molecular flexibility index (Phi) is 5.09. The third kappa shape index (κ3) is 3.35. The van der Waals surface area contributed by atoms with Crippen molar-refractivity contribution in [3.05, 3.63) is 69.0 Å². The Hall–Kier alpha value is -2.28. The lowest BCUT2D eigenvalue weighted by atomic mass is 10.0. The molecule has 0 aliphatic carbocycles. The van der Waals surface area contributed by atoms with Crippen molar-refractivity contribution in [2.45, 2.75) is 6.92 Å². The predicted octanol–water partition coefficient (Wildman–Crippen LogP) is 4.27. The topological polar surface area (TPSA) is 49.4 Å². The molecule has 2 aromatic rings. The summed E-state index contributed by atoms with van der Waals surface area (Å²) in [6, 6.07) is 9.08. The quantitative estimate of drug-likeness (QED) is 0.458. The van der Waals surface area contributed by atoms with E-state index in [-0.39, 0.29) is 21.3 Å². The highest BCUT2D eigenvalue weighted by molar-refractivity contribution is 7.80. The Morgan fingerprint density at radius 1 is 1.12 bits per heavy atom. The second-order valence-corrected chi connectivity index (χ2v) is 6.73. The molecule has 3 rings (SSSR count). The van der Waals surface area contributed by atoms with Crippen LogP contribution < -0.4 is 10.2 Å². The number of benzene rings is 2. The van der Waals surface area contributed by atoms with Crippen LogP contribution in [0.4, 0.5) is 10.1 Å². The normalized spacial score (nSPS) is 16.2. The van der Waals surface area contributed by atoms with Crippen LogP contribution in [0.15, 0.2) is 42.0 Å². The van der Waals surface area contributed by atoms with Gasteiger partial charge in [-0.3, -0.25) is 19.8 Å². The fourth-order valence-corrected chi connectivity index (χ4v) is 3.05. The molecule has 4 nitrogen and oxygen atoms in total. The molecule has 0 atom stereocenters. The predicted molar refractivity (Wildman–Crippen MR) is 104 cm³/mol. The van der Waals surface area contributed by atoms with Crippen LogP contribution in [0.3, 0.4) is 0 Å². The molecule has 1 N–H and O–H groups in total. The monoisotopic (exact) mass is 408 g/mol. The second-order valence-electron chi connectivity index (χ2n) is 5.53. The molecule has 8 heteroatoms. The molecule has 1 fully saturated rings. The minimum Gasteiger partial charge on any atom is -0.298 e. The van der Waals surface area contributed by atoms with E-state index in [1.165, 1.54) is 12.1 Å². The van der Waals surface area contributed by atoms with Crippen molar-refractivity contribution in [1.29, 1.82) is 0 Å². The average molecular weight is 409 g/mol. The van der Waals surface area contributed by atoms with Crippen molar-refractivity contribution in [3.63, 3.8) is 0 Å². The molecule has 2 aromatic carbocycles. The molecule has 1 saturated heterocycles. The first-order valence-corrected chi connectivity index (χ1v) is 8.57. The van der Waals surface area contributed by atoms with Gasteiger partial charge in [0.25, 0.3) is 11.8 Å². The van der Waals surface area contributed by atoms with E-state index in [0.717, 1.165) is 11.0 Å². The summed E-state index contributed by atoms with van der Waals surface area (Å²) in [4.78, 5) is 26.3. The van der Waals surface area contributed by atoms with E-state index in [4.69, 9.17) is 35.4 Å². The van der Waals surface area contributed by atoms with Gasteiger partial charge in [-0.2, -0.15) is 0 Å². The minimum absolute atomic E-state index is 0.0333. The lowest BCUT2D eigenvalue weighted by molar-refractivity contribution is -0.122. The van der Waals surface area contributed by atoms with Crippen molar-refractivity contribution in [2.24, 2.45) is 0 Å². The summed E-state index contributed by atoms with van der Waals surface area (Å²) in [5, 5.41) is 2.97. The van der Waals surface area contributed by atoms with E-state index in [1.807, 2.05) is 0 Å². The van der Waals surface area contributed by atoms with Crippen LogP contribution in [-0.2, 0) is 9.59 Å².